The molecule has 156 valence electrons. The summed E-state index contributed by atoms with van der Waals surface area (Å²) >= 11 is 0. The maximum Gasteiger partial charge on any atom is 0.266 e. The molecule has 0 aliphatic rings. The molecule has 0 aliphatic carbocycles. The van der Waals surface area contributed by atoms with Crippen LogP contribution >= 0.6 is 0 Å². The number of carbonyl (C=O) groups excluding carboxylic acids is 2. The number of carbonyl (C=O) groups is 2. The number of oxazole rings is 1. The number of nitrogens with zero attached hydrogens (tertiary/aromatic N) is 1. The zero-order valence-electron chi connectivity index (χ0n) is 17.2. The first-order valence-electron chi connectivity index (χ1n) is 10.5. The van der Waals surface area contributed by atoms with Crippen molar-refractivity contribution in [2.45, 2.75) is 31.7 Å². The van der Waals surface area contributed by atoms with Gasteiger partial charge in [0, 0.05) is 6.42 Å². The fraction of sp³-hybridized carbons (Fsp3) is 0.192. The van der Waals surface area contributed by atoms with E-state index in [1.165, 1.54) is 0 Å². The number of hydrogen-bond donors (Lipinski definition) is 1. The SMILES string of the molecule is O=C(CCc1ccccc1)N[C@@H](CCc1ccccc1)C(=O)c1nc2ccccc2o1. The highest BCUT2D eigenvalue weighted by atomic mass is 16.4. The van der Waals surface area contributed by atoms with Crippen LogP contribution in [0.1, 0.15) is 34.7 Å². The Bertz CT molecular complexity index is 1120. The highest BCUT2D eigenvalue weighted by Crippen LogP contribution is 2.17. The van der Waals surface area contributed by atoms with Crippen LogP contribution in [0.25, 0.3) is 11.1 Å². The second-order valence-electron chi connectivity index (χ2n) is 7.48. The molecule has 3 aromatic carbocycles. The lowest BCUT2D eigenvalue weighted by molar-refractivity contribution is -0.121. The van der Waals surface area contributed by atoms with E-state index in [0.29, 0.717) is 36.8 Å². The molecule has 1 amide bonds. The molecule has 0 spiro atoms. The second-order valence-corrected chi connectivity index (χ2v) is 7.48. The Kier molecular flexibility index (Phi) is 6.53. The van der Waals surface area contributed by atoms with Crippen molar-refractivity contribution in [3.8, 4) is 0 Å². The van der Waals surface area contributed by atoms with Gasteiger partial charge in [0.05, 0.1) is 6.04 Å². The lowest BCUT2D eigenvalue weighted by Gasteiger charge is -2.16. The molecular weight excluding hydrogens is 388 g/mol. The van der Waals surface area contributed by atoms with E-state index in [1.807, 2.05) is 72.8 Å². The number of aromatic nitrogens is 1. The summed E-state index contributed by atoms with van der Waals surface area (Å²) in [6.45, 7) is 0. The largest absolute Gasteiger partial charge is 0.434 e. The van der Waals surface area contributed by atoms with Gasteiger partial charge in [0.2, 0.25) is 11.7 Å². The van der Waals surface area contributed by atoms with Crippen LogP contribution in [0.2, 0.25) is 0 Å². The first kappa shape index (κ1) is 20.5. The lowest BCUT2D eigenvalue weighted by atomic mass is 10.0. The first-order valence-corrected chi connectivity index (χ1v) is 10.5. The van der Waals surface area contributed by atoms with E-state index >= 15 is 0 Å². The topological polar surface area (TPSA) is 72.2 Å². The van der Waals surface area contributed by atoms with Crippen LogP contribution < -0.4 is 5.32 Å². The zero-order valence-corrected chi connectivity index (χ0v) is 17.2. The first-order chi connectivity index (χ1) is 15.2. The summed E-state index contributed by atoms with van der Waals surface area (Å²) in [6, 6.07) is 26.3. The Hall–Kier alpha value is -3.73. The standard InChI is InChI=1S/C26H24N2O3/c29-24(18-16-20-11-5-2-6-12-20)27-22(17-15-19-9-3-1-4-10-19)25(30)26-28-21-13-7-8-14-23(21)31-26/h1-14,22H,15-18H2,(H,27,29)/t22-/m0/s1. The summed E-state index contributed by atoms with van der Waals surface area (Å²) in [7, 11) is 0. The Balaban J connectivity index is 1.47. The van der Waals surface area contributed by atoms with Crippen LogP contribution in [-0.4, -0.2) is 22.7 Å². The van der Waals surface area contributed by atoms with Crippen molar-refractivity contribution in [2.24, 2.45) is 0 Å². The predicted molar refractivity (Wildman–Crippen MR) is 120 cm³/mol. The Morgan fingerprint density at radius 2 is 1.42 bits per heavy atom. The van der Waals surface area contributed by atoms with E-state index < -0.39 is 6.04 Å². The van der Waals surface area contributed by atoms with Crippen molar-refractivity contribution in [3.05, 3.63) is 102 Å². The van der Waals surface area contributed by atoms with Crippen LogP contribution in [0.5, 0.6) is 0 Å². The molecule has 1 atom stereocenters. The van der Waals surface area contributed by atoms with Crippen molar-refractivity contribution in [1.82, 2.24) is 10.3 Å². The van der Waals surface area contributed by atoms with Gasteiger partial charge < -0.3 is 9.73 Å². The monoisotopic (exact) mass is 412 g/mol. The fourth-order valence-corrected chi connectivity index (χ4v) is 3.52. The molecule has 0 aliphatic heterocycles. The smallest absolute Gasteiger partial charge is 0.266 e. The normalized spacial score (nSPS) is 11.9. The molecule has 5 heteroatoms. The Morgan fingerprint density at radius 1 is 0.806 bits per heavy atom. The van der Waals surface area contributed by atoms with Gasteiger partial charge in [-0.15, -0.1) is 0 Å². The molecule has 4 aromatic rings. The van der Waals surface area contributed by atoms with E-state index in [0.717, 1.165) is 11.1 Å². The van der Waals surface area contributed by atoms with Gasteiger partial charge in [0.15, 0.2) is 5.58 Å². The summed E-state index contributed by atoms with van der Waals surface area (Å²) in [5.74, 6) is -0.436. The summed E-state index contributed by atoms with van der Waals surface area (Å²) in [4.78, 5) is 30.1. The van der Waals surface area contributed by atoms with Gasteiger partial charge in [-0.25, -0.2) is 4.98 Å². The highest BCUT2D eigenvalue weighted by molar-refractivity contribution is 6.00. The number of nitrogens with one attached hydrogen (secondary N) is 1. The molecule has 4 rings (SSSR count). The maximum atomic E-state index is 13.2. The van der Waals surface area contributed by atoms with Crippen LogP contribution in [0.4, 0.5) is 0 Å². The van der Waals surface area contributed by atoms with Gasteiger partial charge >= 0.3 is 0 Å². The highest BCUT2D eigenvalue weighted by Gasteiger charge is 2.26. The molecular formula is C26H24N2O3. The molecule has 0 saturated carbocycles. The Morgan fingerprint density at radius 3 is 2.10 bits per heavy atom. The van der Waals surface area contributed by atoms with E-state index in [-0.39, 0.29) is 17.6 Å². The van der Waals surface area contributed by atoms with E-state index in [9.17, 15) is 9.59 Å². The molecule has 0 saturated heterocycles. The maximum absolute atomic E-state index is 13.2. The number of rotatable bonds is 9. The van der Waals surface area contributed by atoms with E-state index in [2.05, 4.69) is 10.3 Å². The van der Waals surface area contributed by atoms with Gasteiger partial charge in [-0.05, 0) is 42.5 Å². The van der Waals surface area contributed by atoms with Crippen molar-refractivity contribution in [3.63, 3.8) is 0 Å². The number of Topliss-reactive ketones (excluding diaryl/α,β-unsaturated/α-hetero) is 1. The minimum atomic E-state index is -0.698. The molecule has 1 heterocycles. The average Bonchev–Trinajstić information content (AvgIpc) is 3.26. The van der Waals surface area contributed by atoms with Crippen molar-refractivity contribution in [2.75, 3.05) is 0 Å². The van der Waals surface area contributed by atoms with Gasteiger partial charge in [-0.3, -0.25) is 9.59 Å². The molecule has 0 bridgehead atoms. The zero-order chi connectivity index (χ0) is 21.5. The molecule has 5 nitrogen and oxygen atoms in total. The Labute approximate surface area is 181 Å². The second kappa shape index (κ2) is 9.85. The molecule has 0 radical (unpaired) electrons. The number of hydrogen-bond acceptors (Lipinski definition) is 4. The van der Waals surface area contributed by atoms with Crippen molar-refractivity contribution < 1.29 is 14.0 Å². The van der Waals surface area contributed by atoms with Gasteiger partial charge in [0.25, 0.3) is 5.89 Å². The lowest BCUT2D eigenvalue weighted by Crippen LogP contribution is -2.41. The van der Waals surface area contributed by atoms with Crippen molar-refractivity contribution in [1.29, 1.82) is 0 Å². The summed E-state index contributed by atoms with van der Waals surface area (Å²) in [6.07, 6.45) is 2.07. The number of benzene rings is 3. The molecule has 0 fully saturated rings. The number of ketones is 1. The third kappa shape index (κ3) is 5.45. The van der Waals surface area contributed by atoms with E-state index in [1.54, 1.807) is 12.1 Å². The van der Waals surface area contributed by atoms with Gasteiger partial charge in [0.1, 0.15) is 5.52 Å². The number of fused-ring (bicyclic) bond motifs is 1. The molecule has 31 heavy (non-hydrogen) atoms. The number of aryl methyl sites for hydroxylation is 2. The fourth-order valence-electron chi connectivity index (χ4n) is 3.52. The minimum absolute atomic E-state index is 0.0302. The average molecular weight is 412 g/mol. The molecule has 1 aromatic heterocycles. The van der Waals surface area contributed by atoms with Crippen LogP contribution in [0.15, 0.2) is 89.3 Å². The third-order valence-electron chi connectivity index (χ3n) is 5.20. The predicted octanol–water partition coefficient (Wildman–Crippen LogP) is 4.76. The van der Waals surface area contributed by atoms with Crippen LogP contribution in [-0.2, 0) is 17.6 Å². The minimum Gasteiger partial charge on any atom is -0.434 e. The third-order valence-corrected chi connectivity index (χ3v) is 5.20. The van der Waals surface area contributed by atoms with Gasteiger partial charge in [-0.1, -0.05) is 72.8 Å². The summed E-state index contributed by atoms with van der Waals surface area (Å²) in [5, 5.41) is 2.91. The van der Waals surface area contributed by atoms with E-state index in [4.69, 9.17) is 4.42 Å². The number of amides is 1. The van der Waals surface area contributed by atoms with Crippen LogP contribution in [0, 0.1) is 0 Å². The van der Waals surface area contributed by atoms with Crippen molar-refractivity contribution >= 4 is 22.8 Å². The quantitative estimate of drug-likeness (QED) is 0.402. The summed E-state index contributed by atoms with van der Waals surface area (Å²) in [5.41, 5.74) is 3.38. The molecule has 0 unspecified atom stereocenters. The van der Waals surface area contributed by atoms with Gasteiger partial charge in [-0.2, -0.15) is 0 Å². The number of para-hydroxylation sites is 2. The summed E-state index contributed by atoms with van der Waals surface area (Å²) < 4.78 is 5.66. The molecule has 1 N–H and O–H groups in total. The van der Waals surface area contributed by atoms with Crippen LogP contribution in [0.3, 0.4) is 0 Å².